The molecule has 2 fully saturated rings. The fourth-order valence-electron chi connectivity index (χ4n) is 5.52. The van der Waals surface area contributed by atoms with Gasteiger partial charge in [0, 0.05) is 8.80 Å². The molecule has 1 saturated heterocycles. The third-order valence-electron chi connectivity index (χ3n) is 7.45. The van der Waals surface area contributed by atoms with Crippen molar-refractivity contribution in [2.24, 2.45) is 11.8 Å². The summed E-state index contributed by atoms with van der Waals surface area (Å²) >= 11 is 0. The van der Waals surface area contributed by atoms with Crippen molar-refractivity contribution in [1.29, 1.82) is 0 Å². The minimum atomic E-state index is -4.61. The molecule has 164 valence electrons. The Labute approximate surface area is 176 Å². The van der Waals surface area contributed by atoms with Crippen LogP contribution in [0.5, 0.6) is 5.75 Å². The van der Waals surface area contributed by atoms with Gasteiger partial charge in [0.15, 0.2) is 0 Å². The van der Waals surface area contributed by atoms with Crippen molar-refractivity contribution < 1.29 is 17.9 Å². The number of alkyl halides is 3. The average Bonchev–Trinajstić information content (AvgIpc) is 2.72. The highest BCUT2D eigenvalue weighted by Crippen LogP contribution is 2.39. The van der Waals surface area contributed by atoms with E-state index >= 15 is 0 Å². The van der Waals surface area contributed by atoms with Gasteiger partial charge in [-0.05, 0) is 61.1 Å². The molecule has 0 bridgehead atoms. The van der Waals surface area contributed by atoms with Gasteiger partial charge in [-0.2, -0.15) is 0 Å². The molecule has 1 saturated carbocycles. The van der Waals surface area contributed by atoms with Crippen LogP contribution in [-0.2, 0) is 0 Å². The van der Waals surface area contributed by atoms with Crippen LogP contribution in [0.25, 0.3) is 0 Å². The standard InChI is InChI=1S/C24H37F3OSi/c1-2-29-17-15-20(16-18-29)6-4-3-5-19-7-9-21(10-8-19)22-11-13-23(14-12-22)28-24(25,26)27/h11-14,19-21,29H,2-10,15-18H2,1H3/t19-,20-,21-,29-. The predicted molar refractivity (Wildman–Crippen MR) is 116 cm³/mol. The minimum Gasteiger partial charge on any atom is -0.406 e. The summed E-state index contributed by atoms with van der Waals surface area (Å²) in [5.74, 6) is 2.23. The van der Waals surface area contributed by atoms with E-state index in [1.54, 1.807) is 12.1 Å². The molecule has 0 N–H and O–H groups in total. The number of benzene rings is 1. The van der Waals surface area contributed by atoms with Crippen LogP contribution in [0.2, 0.25) is 18.1 Å². The molecule has 1 aliphatic heterocycles. The zero-order valence-electron chi connectivity index (χ0n) is 17.9. The van der Waals surface area contributed by atoms with Crippen LogP contribution in [0.3, 0.4) is 0 Å². The number of ether oxygens (including phenoxy) is 1. The number of hydrogen-bond donors (Lipinski definition) is 0. The summed E-state index contributed by atoms with van der Waals surface area (Å²) < 4.78 is 40.8. The van der Waals surface area contributed by atoms with Gasteiger partial charge >= 0.3 is 6.36 Å². The Kier molecular flexibility index (Phi) is 8.52. The maximum atomic E-state index is 12.3. The molecular weight excluding hydrogens is 389 g/mol. The van der Waals surface area contributed by atoms with Gasteiger partial charge in [-0.25, -0.2) is 0 Å². The Hall–Kier alpha value is -0.973. The summed E-state index contributed by atoms with van der Waals surface area (Å²) in [7, 11) is -0.310. The van der Waals surface area contributed by atoms with E-state index in [0.717, 1.165) is 30.2 Å². The topological polar surface area (TPSA) is 9.23 Å². The lowest BCUT2D eigenvalue weighted by atomic mass is 9.77. The molecule has 1 nitrogen and oxygen atoms in total. The first kappa shape index (κ1) is 22.7. The van der Waals surface area contributed by atoms with Gasteiger partial charge < -0.3 is 4.74 Å². The van der Waals surface area contributed by atoms with Crippen molar-refractivity contribution in [2.45, 2.75) is 102 Å². The van der Waals surface area contributed by atoms with Crippen molar-refractivity contribution in [3.63, 3.8) is 0 Å². The summed E-state index contributed by atoms with van der Waals surface area (Å²) in [4.78, 5) is 0. The Morgan fingerprint density at radius 2 is 1.41 bits per heavy atom. The van der Waals surface area contributed by atoms with Gasteiger partial charge in [-0.15, -0.1) is 13.2 Å². The maximum Gasteiger partial charge on any atom is 0.573 e. The van der Waals surface area contributed by atoms with E-state index in [4.69, 9.17) is 0 Å². The van der Waals surface area contributed by atoms with Gasteiger partial charge in [0.1, 0.15) is 5.75 Å². The first-order valence-electron chi connectivity index (χ1n) is 11.8. The number of hydrogen-bond acceptors (Lipinski definition) is 1. The molecule has 0 spiro atoms. The minimum absolute atomic E-state index is 0.125. The van der Waals surface area contributed by atoms with E-state index < -0.39 is 6.36 Å². The molecule has 0 aromatic heterocycles. The lowest BCUT2D eigenvalue weighted by molar-refractivity contribution is -0.274. The highest BCUT2D eigenvalue weighted by molar-refractivity contribution is 6.58. The Morgan fingerprint density at radius 1 is 0.862 bits per heavy atom. The molecule has 5 heteroatoms. The van der Waals surface area contributed by atoms with Gasteiger partial charge in [0.25, 0.3) is 0 Å². The van der Waals surface area contributed by atoms with Crippen molar-refractivity contribution in [1.82, 2.24) is 0 Å². The molecule has 0 atom stereocenters. The summed E-state index contributed by atoms with van der Waals surface area (Å²) in [5.41, 5.74) is 1.16. The second kappa shape index (κ2) is 10.9. The second-order valence-electron chi connectivity index (χ2n) is 9.41. The molecule has 1 aromatic carbocycles. The third kappa shape index (κ3) is 7.65. The highest BCUT2D eigenvalue weighted by atomic mass is 28.3. The SMILES string of the molecule is CC[Si@H]1CC[C@H](CCCC[C@H]2CC[C@H](c3ccc(OC(F)(F)F)cc3)CC2)CC1. The van der Waals surface area contributed by atoms with E-state index in [1.165, 1.54) is 69.5 Å². The van der Waals surface area contributed by atoms with Crippen LogP contribution in [-0.4, -0.2) is 15.2 Å². The van der Waals surface area contributed by atoms with Gasteiger partial charge in [0.2, 0.25) is 0 Å². The Morgan fingerprint density at radius 3 is 1.93 bits per heavy atom. The largest absolute Gasteiger partial charge is 0.573 e. The smallest absolute Gasteiger partial charge is 0.406 e. The van der Waals surface area contributed by atoms with Crippen LogP contribution in [0, 0.1) is 11.8 Å². The normalized spacial score (nSPS) is 28.3. The van der Waals surface area contributed by atoms with Crippen LogP contribution >= 0.6 is 0 Å². The molecule has 1 aliphatic carbocycles. The molecule has 0 amide bonds. The number of unbranched alkanes of at least 4 members (excludes halogenated alkanes) is 1. The summed E-state index contributed by atoms with van der Waals surface area (Å²) in [6, 6.07) is 11.2. The van der Waals surface area contributed by atoms with Gasteiger partial charge in [-0.1, -0.05) is 75.7 Å². The van der Waals surface area contributed by atoms with Crippen LogP contribution in [0.1, 0.15) is 82.6 Å². The zero-order valence-corrected chi connectivity index (χ0v) is 19.0. The van der Waals surface area contributed by atoms with Crippen LogP contribution in [0.4, 0.5) is 13.2 Å². The monoisotopic (exact) mass is 426 g/mol. The van der Waals surface area contributed by atoms with Gasteiger partial charge in [-0.3, -0.25) is 0 Å². The molecule has 3 rings (SSSR count). The lowest BCUT2D eigenvalue weighted by Crippen LogP contribution is -2.20. The molecule has 29 heavy (non-hydrogen) atoms. The predicted octanol–water partition coefficient (Wildman–Crippen LogP) is 8.08. The fourth-order valence-corrected chi connectivity index (χ4v) is 8.51. The van der Waals surface area contributed by atoms with E-state index in [0.29, 0.717) is 5.92 Å². The highest BCUT2D eigenvalue weighted by Gasteiger charge is 2.31. The van der Waals surface area contributed by atoms with Crippen molar-refractivity contribution in [3.8, 4) is 5.75 Å². The summed E-state index contributed by atoms with van der Waals surface area (Å²) in [5, 5.41) is 0. The number of halogens is 3. The summed E-state index contributed by atoms with van der Waals surface area (Å²) in [6.07, 6.45) is 8.87. The first-order valence-corrected chi connectivity index (χ1v) is 14.2. The molecule has 1 aromatic rings. The zero-order chi connectivity index (χ0) is 20.7. The van der Waals surface area contributed by atoms with Crippen LogP contribution < -0.4 is 4.74 Å². The van der Waals surface area contributed by atoms with E-state index in [9.17, 15) is 13.2 Å². The molecule has 2 aliphatic rings. The van der Waals surface area contributed by atoms with E-state index in [-0.39, 0.29) is 14.5 Å². The molecule has 1 heterocycles. The van der Waals surface area contributed by atoms with Crippen molar-refractivity contribution in [2.75, 3.05) is 0 Å². The Bertz CT molecular complexity index is 585. The van der Waals surface area contributed by atoms with E-state index in [1.807, 2.05) is 12.1 Å². The van der Waals surface area contributed by atoms with Crippen molar-refractivity contribution >= 4 is 8.80 Å². The lowest BCUT2D eigenvalue weighted by Gasteiger charge is -2.29. The first-order chi connectivity index (χ1) is 13.9. The molecule has 0 radical (unpaired) electrons. The summed E-state index contributed by atoms with van der Waals surface area (Å²) in [6.45, 7) is 2.39. The number of rotatable bonds is 8. The second-order valence-corrected chi connectivity index (χ2v) is 13.1. The van der Waals surface area contributed by atoms with E-state index in [2.05, 4.69) is 11.7 Å². The van der Waals surface area contributed by atoms with Gasteiger partial charge in [0.05, 0.1) is 0 Å². The fraction of sp³-hybridized carbons (Fsp3) is 0.750. The Balaban J connectivity index is 1.30. The quantitative estimate of drug-likeness (QED) is 0.301. The van der Waals surface area contributed by atoms with Crippen molar-refractivity contribution in [3.05, 3.63) is 29.8 Å². The maximum absolute atomic E-state index is 12.3. The van der Waals surface area contributed by atoms with Crippen LogP contribution in [0.15, 0.2) is 24.3 Å². The molecular formula is C24H37F3OSi. The third-order valence-corrected chi connectivity index (χ3v) is 10.9. The molecule has 0 unspecified atom stereocenters. The average molecular weight is 427 g/mol.